The van der Waals surface area contributed by atoms with Gasteiger partial charge in [-0.2, -0.15) is 0 Å². The number of ketones is 1. The lowest BCUT2D eigenvalue weighted by atomic mass is 10.1. The summed E-state index contributed by atoms with van der Waals surface area (Å²) in [6.07, 6.45) is 2.06. The maximum atomic E-state index is 12.0. The molecule has 0 N–H and O–H groups in total. The summed E-state index contributed by atoms with van der Waals surface area (Å²) < 4.78 is 9.62. The molecule has 0 aliphatic rings. The van der Waals surface area contributed by atoms with Gasteiger partial charge in [0.05, 0.1) is 13.2 Å². The first-order valence-electron chi connectivity index (χ1n) is 6.66. The molecule has 0 saturated carbocycles. The van der Waals surface area contributed by atoms with Crippen molar-refractivity contribution in [1.29, 1.82) is 0 Å². The molecule has 0 atom stereocenters. The molecule has 0 aliphatic heterocycles. The van der Waals surface area contributed by atoms with Crippen LogP contribution in [0.25, 0.3) is 0 Å². The van der Waals surface area contributed by atoms with Gasteiger partial charge in [0.1, 0.15) is 5.57 Å². The third-order valence-electron chi connectivity index (χ3n) is 2.27. The number of carbonyl (C=O) groups excluding carboxylic acids is 3. The van der Waals surface area contributed by atoms with Crippen molar-refractivity contribution in [2.24, 2.45) is 0 Å². The summed E-state index contributed by atoms with van der Waals surface area (Å²) in [5.74, 6) is -1.31. The number of nitrogens with zero attached hydrogens (tertiary/aromatic N) is 1. The summed E-state index contributed by atoms with van der Waals surface area (Å²) >= 11 is 0. The molecule has 0 unspecified atom stereocenters. The van der Waals surface area contributed by atoms with E-state index in [0.29, 0.717) is 13.0 Å². The van der Waals surface area contributed by atoms with Crippen LogP contribution in [0.2, 0.25) is 0 Å². The largest absolute Gasteiger partial charge is 0.466 e. The average molecular weight is 285 g/mol. The summed E-state index contributed by atoms with van der Waals surface area (Å²) in [5.41, 5.74) is 0.000656. The van der Waals surface area contributed by atoms with Crippen molar-refractivity contribution in [3.8, 4) is 0 Å². The highest BCUT2D eigenvalue weighted by Gasteiger charge is 2.20. The molecule has 6 heteroatoms. The van der Waals surface area contributed by atoms with Gasteiger partial charge in [0.15, 0.2) is 5.78 Å². The average Bonchev–Trinajstić information content (AvgIpc) is 2.36. The Morgan fingerprint density at radius 1 is 1.00 bits per heavy atom. The lowest BCUT2D eigenvalue weighted by Gasteiger charge is -2.10. The summed E-state index contributed by atoms with van der Waals surface area (Å²) in [4.78, 5) is 36.4. The monoisotopic (exact) mass is 285 g/mol. The molecule has 0 bridgehead atoms. The number of hydrogen-bond acceptors (Lipinski definition) is 6. The predicted molar refractivity (Wildman–Crippen MR) is 73.9 cm³/mol. The molecule has 0 aliphatic carbocycles. The van der Waals surface area contributed by atoms with Crippen molar-refractivity contribution < 1.29 is 23.9 Å². The second kappa shape index (κ2) is 10.00. The topological polar surface area (TPSA) is 72.9 Å². The summed E-state index contributed by atoms with van der Waals surface area (Å²) in [5, 5.41) is 0. The van der Waals surface area contributed by atoms with Crippen LogP contribution in [0.5, 0.6) is 0 Å². The number of carbonyl (C=O) groups is 3. The third-order valence-corrected chi connectivity index (χ3v) is 2.27. The Balaban J connectivity index is 4.50. The van der Waals surface area contributed by atoms with Gasteiger partial charge in [-0.25, -0.2) is 4.79 Å². The van der Waals surface area contributed by atoms with Crippen LogP contribution in [0.1, 0.15) is 33.1 Å². The zero-order valence-electron chi connectivity index (χ0n) is 12.6. The van der Waals surface area contributed by atoms with Gasteiger partial charge in [-0.15, -0.1) is 0 Å². The molecule has 0 rings (SSSR count). The van der Waals surface area contributed by atoms with E-state index in [1.165, 1.54) is 6.20 Å². The van der Waals surface area contributed by atoms with E-state index in [1.807, 2.05) is 0 Å². The van der Waals surface area contributed by atoms with Crippen molar-refractivity contribution >= 4 is 17.7 Å². The number of rotatable bonds is 9. The zero-order valence-corrected chi connectivity index (χ0v) is 12.6. The SMILES string of the molecule is CCOC(=O)CCCC(=O)/C(=C\N(C)C)C(=O)OCC. The van der Waals surface area contributed by atoms with Crippen molar-refractivity contribution in [1.82, 2.24) is 4.90 Å². The van der Waals surface area contributed by atoms with E-state index in [1.54, 1.807) is 32.8 Å². The van der Waals surface area contributed by atoms with Crippen LogP contribution in [0.15, 0.2) is 11.8 Å². The Labute approximate surface area is 119 Å². The Morgan fingerprint density at radius 3 is 2.10 bits per heavy atom. The minimum absolute atomic E-state index is 0.000656. The molecular weight excluding hydrogens is 262 g/mol. The van der Waals surface area contributed by atoms with Crippen LogP contribution in [0, 0.1) is 0 Å². The smallest absolute Gasteiger partial charge is 0.343 e. The Kier molecular flexibility index (Phi) is 9.07. The molecule has 0 spiro atoms. The zero-order chi connectivity index (χ0) is 15.5. The Hall–Kier alpha value is -1.85. The van der Waals surface area contributed by atoms with E-state index in [9.17, 15) is 14.4 Å². The summed E-state index contributed by atoms with van der Waals surface area (Å²) in [6.45, 7) is 3.93. The number of hydrogen-bond donors (Lipinski definition) is 0. The normalized spacial score (nSPS) is 10.9. The lowest BCUT2D eigenvalue weighted by molar-refractivity contribution is -0.143. The first kappa shape index (κ1) is 18.1. The summed E-state index contributed by atoms with van der Waals surface area (Å²) in [7, 11) is 3.43. The molecule has 0 radical (unpaired) electrons. The molecule has 0 amide bonds. The third kappa shape index (κ3) is 7.56. The Morgan fingerprint density at radius 2 is 1.60 bits per heavy atom. The van der Waals surface area contributed by atoms with Crippen LogP contribution < -0.4 is 0 Å². The van der Waals surface area contributed by atoms with Gasteiger partial charge >= 0.3 is 11.9 Å². The van der Waals surface area contributed by atoms with Crippen LogP contribution in [0.3, 0.4) is 0 Å². The molecule has 0 aromatic carbocycles. The standard InChI is InChI=1S/C14H23NO5/c1-5-19-13(17)9-7-8-12(16)11(10-15(3)4)14(18)20-6-2/h10H,5-9H2,1-4H3/b11-10+. The van der Waals surface area contributed by atoms with Gasteiger partial charge in [0, 0.05) is 33.1 Å². The van der Waals surface area contributed by atoms with Crippen molar-refractivity contribution in [3.05, 3.63) is 11.8 Å². The molecule has 0 aromatic heterocycles. The van der Waals surface area contributed by atoms with Crippen LogP contribution in [-0.4, -0.2) is 49.9 Å². The molecule has 114 valence electrons. The molecular formula is C14H23NO5. The van der Waals surface area contributed by atoms with Gasteiger partial charge in [0.25, 0.3) is 0 Å². The molecule has 0 aromatic rings. The highest BCUT2D eigenvalue weighted by atomic mass is 16.5. The molecule has 0 heterocycles. The van der Waals surface area contributed by atoms with Gasteiger partial charge < -0.3 is 14.4 Å². The predicted octanol–water partition coefficient (Wildman–Crippen LogP) is 1.30. The fourth-order valence-corrected chi connectivity index (χ4v) is 1.47. The van der Waals surface area contributed by atoms with Crippen LogP contribution >= 0.6 is 0 Å². The van der Waals surface area contributed by atoms with Gasteiger partial charge in [-0.1, -0.05) is 0 Å². The van der Waals surface area contributed by atoms with E-state index in [-0.39, 0.29) is 36.8 Å². The molecule has 6 nitrogen and oxygen atoms in total. The minimum Gasteiger partial charge on any atom is -0.466 e. The van der Waals surface area contributed by atoms with E-state index in [4.69, 9.17) is 9.47 Å². The second-order valence-electron chi connectivity index (χ2n) is 4.31. The van der Waals surface area contributed by atoms with Crippen molar-refractivity contribution in [2.45, 2.75) is 33.1 Å². The van der Waals surface area contributed by atoms with Crippen molar-refractivity contribution in [2.75, 3.05) is 27.3 Å². The van der Waals surface area contributed by atoms with E-state index >= 15 is 0 Å². The van der Waals surface area contributed by atoms with Gasteiger partial charge in [-0.05, 0) is 20.3 Å². The van der Waals surface area contributed by atoms with Crippen molar-refractivity contribution in [3.63, 3.8) is 0 Å². The number of Topliss-reactive ketones (excluding diaryl/α,β-unsaturated/α-hetero) is 1. The number of esters is 2. The minimum atomic E-state index is -0.637. The van der Waals surface area contributed by atoms with Gasteiger partial charge in [0.2, 0.25) is 0 Å². The highest BCUT2D eigenvalue weighted by Crippen LogP contribution is 2.08. The number of ether oxygens (including phenoxy) is 2. The highest BCUT2D eigenvalue weighted by molar-refractivity contribution is 6.17. The molecule has 0 fully saturated rings. The van der Waals surface area contributed by atoms with Gasteiger partial charge in [-0.3, -0.25) is 9.59 Å². The summed E-state index contributed by atoms with van der Waals surface area (Å²) in [6, 6.07) is 0. The molecule has 20 heavy (non-hydrogen) atoms. The first-order chi connectivity index (χ1) is 9.42. The van der Waals surface area contributed by atoms with E-state index < -0.39 is 5.97 Å². The molecule has 0 saturated heterocycles. The van der Waals surface area contributed by atoms with E-state index in [2.05, 4.69) is 0 Å². The maximum Gasteiger partial charge on any atom is 0.343 e. The van der Waals surface area contributed by atoms with Crippen LogP contribution in [-0.2, 0) is 23.9 Å². The van der Waals surface area contributed by atoms with E-state index in [0.717, 1.165) is 0 Å². The maximum absolute atomic E-state index is 12.0. The Bertz CT molecular complexity index is 374. The lowest BCUT2D eigenvalue weighted by Crippen LogP contribution is -2.19. The second-order valence-corrected chi connectivity index (χ2v) is 4.31. The van der Waals surface area contributed by atoms with Crippen LogP contribution in [0.4, 0.5) is 0 Å². The quantitative estimate of drug-likeness (QED) is 0.275. The fourth-order valence-electron chi connectivity index (χ4n) is 1.47. The first-order valence-corrected chi connectivity index (χ1v) is 6.66. The fraction of sp³-hybridized carbons (Fsp3) is 0.643.